The summed E-state index contributed by atoms with van der Waals surface area (Å²) < 4.78 is 11.2. The molecule has 1 aliphatic heterocycles. The van der Waals surface area contributed by atoms with Crippen LogP contribution in [0.5, 0.6) is 11.5 Å². The molecule has 30 heavy (non-hydrogen) atoms. The molecule has 1 aliphatic rings. The van der Waals surface area contributed by atoms with Gasteiger partial charge in [0, 0.05) is 24.3 Å². The largest absolute Gasteiger partial charge is 0.493 e. The zero-order valence-corrected chi connectivity index (χ0v) is 18.4. The molecule has 1 amide bonds. The van der Waals surface area contributed by atoms with Crippen molar-refractivity contribution in [2.24, 2.45) is 5.10 Å². The fraction of sp³-hybridized carbons (Fsp3) is 0.391. The Morgan fingerprint density at radius 1 is 1.27 bits per heavy atom. The Labute approximate surface area is 182 Å². The van der Waals surface area contributed by atoms with Gasteiger partial charge in [-0.1, -0.05) is 18.5 Å². The molecule has 0 aromatic heterocycles. The van der Waals surface area contributed by atoms with E-state index in [0.29, 0.717) is 27.6 Å². The van der Waals surface area contributed by atoms with E-state index in [1.54, 1.807) is 19.2 Å². The van der Waals surface area contributed by atoms with Crippen LogP contribution in [-0.4, -0.2) is 38.4 Å². The molecule has 0 saturated carbocycles. The standard InChI is InChI=1S/C23H28ClN3O3/c1-4-16(2)30-22-20(24)13-17(14-21(22)29-3)15-25-26-23(28)18-7-9-19(10-8-18)27-11-5-6-12-27/h7-10,13-16H,4-6,11-12H2,1-3H3,(H,26,28)/b25-15-/t16-/m1/s1. The van der Waals surface area contributed by atoms with E-state index in [9.17, 15) is 4.79 Å². The van der Waals surface area contributed by atoms with Crippen LogP contribution >= 0.6 is 11.6 Å². The van der Waals surface area contributed by atoms with Crippen molar-refractivity contribution >= 4 is 29.4 Å². The van der Waals surface area contributed by atoms with Crippen molar-refractivity contribution in [3.05, 3.63) is 52.5 Å². The lowest BCUT2D eigenvalue weighted by molar-refractivity contribution is 0.0955. The average molecular weight is 430 g/mol. The number of benzene rings is 2. The van der Waals surface area contributed by atoms with Crippen molar-refractivity contribution in [1.29, 1.82) is 0 Å². The van der Waals surface area contributed by atoms with Crippen molar-refractivity contribution in [2.45, 2.75) is 39.2 Å². The van der Waals surface area contributed by atoms with Gasteiger partial charge in [0.25, 0.3) is 5.91 Å². The summed E-state index contributed by atoms with van der Waals surface area (Å²) in [6.07, 6.45) is 4.84. The molecule has 160 valence electrons. The van der Waals surface area contributed by atoms with Gasteiger partial charge in [-0.05, 0) is 68.1 Å². The molecule has 1 N–H and O–H groups in total. The van der Waals surface area contributed by atoms with E-state index in [0.717, 1.165) is 25.2 Å². The highest BCUT2D eigenvalue weighted by Crippen LogP contribution is 2.37. The topological polar surface area (TPSA) is 63.2 Å². The van der Waals surface area contributed by atoms with Gasteiger partial charge in [-0.2, -0.15) is 5.10 Å². The van der Waals surface area contributed by atoms with Crippen LogP contribution in [0.4, 0.5) is 5.69 Å². The summed E-state index contributed by atoms with van der Waals surface area (Å²) in [5.41, 5.74) is 4.95. The number of hydrogen-bond acceptors (Lipinski definition) is 5. The summed E-state index contributed by atoms with van der Waals surface area (Å²) in [6.45, 7) is 6.15. The first kappa shape index (κ1) is 22.0. The van der Waals surface area contributed by atoms with Gasteiger partial charge in [0.2, 0.25) is 0 Å². The minimum absolute atomic E-state index is 0.0204. The Bertz CT molecular complexity index is 893. The Morgan fingerprint density at radius 2 is 1.97 bits per heavy atom. The molecule has 0 spiro atoms. The highest BCUT2D eigenvalue weighted by Gasteiger charge is 2.15. The molecule has 2 aromatic rings. The highest BCUT2D eigenvalue weighted by molar-refractivity contribution is 6.32. The molecular formula is C23H28ClN3O3. The van der Waals surface area contributed by atoms with Crippen molar-refractivity contribution in [1.82, 2.24) is 5.43 Å². The third-order valence-corrected chi connectivity index (χ3v) is 5.41. The molecule has 7 heteroatoms. The minimum atomic E-state index is -0.269. The van der Waals surface area contributed by atoms with E-state index in [1.165, 1.54) is 19.1 Å². The van der Waals surface area contributed by atoms with Crippen LogP contribution in [-0.2, 0) is 0 Å². The number of ether oxygens (including phenoxy) is 2. The van der Waals surface area contributed by atoms with Gasteiger partial charge in [-0.15, -0.1) is 0 Å². The van der Waals surface area contributed by atoms with Crippen molar-refractivity contribution in [2.75, 3.05) is 25.1 Å². The molecule has 1 saturated heterocycles. The van der Waals surface area contributed by atoms with Crippen LogP contribution in [0, 0.1) is 0 Å². The molecule has 1 heterocycles. The second-order valence-electron chi connectivity index (χ2n) is 7.31. The maximum atomic E-state index is 12.4. The fourth-order valence-corrected chi connectivity index (χ4v) is 3.51. The molecule has 0 bridgehead atoms. The Morgan fingerprint density at radius 3 is 2.60 bits per heavy atom. The molecule has 2 aromatic carbocycles. The Kier molecular flexibility index (Phi) is 7.57. The number of anilines is 1. The zero-order chi connectivity index (χ0) is 21.5. The fourth-order valence-electron chi connectivity index (χ4n) is 3.24. The lowest BCUT2D eigenvalue weighted by Gasteiger charge is -2.17. The van der Waals surface area contributed by atoms with Crippen molar-refractivity contribution in [3.63, 3.8) is 0 Å². The quantitative estimate of drug-likeness (QED) is 0.479. The van der Waals surface area contributed by atoms with Crippen LogP contribution in [0.2, 0.25) is 5.02 Å². The summed E-state index contributed by atoms with van der Waals surface area (Å²) >= 11 is 6.36. The molecule has 3 rings (SSSR count). The average Bonchev–Trinajstić information content (AvgIpc) is 3.30. The number of halogens is 1. The third-order valence-electron chi connectivity index (χ3n) is 5.13. The summed E-state index contributed by atoms with van der Waals surface area (Å²) in [4.78, 5) is 14.7. The first-order valence-corrected chi connectivity index (χ1v) is 10.6. The van der Waals surface area contributed by atoms with Crippen molar-refractivity contribution in [3.8, 4) is 11.5 Å². The van der Waals surface area contributed by atoms with Crippen LogP contribution in [0.1, 0.15) is 49.0 Å². The first-order valence-electron chi connectivity index (χ1n) is 10.2. The lowest BCUT2D eigenvalue weighted by Crippen LogP contribution is -2.19. The number of methoxy groups -OCH3 is 1. The third kappa shape index (κ3) is 5.45. The highest BCUT2D eigenvalue weighted by atomic mass is 35.5. The summed E-state index contributed by atoms with van der Waals surface area (Å²) in [6, 6.07) is 11.1. The van der Waals surface area contributed by atoms with E-state index in [2.05, 4.69) is 15.4 Å². The molecule has 0 unspecified atom stereocenters. The predicted octanol–water partition coefficient (Wildman–Crippen LogP) is 4.89. The van der Waals surface area contributed by atoms with E-state index in [-0.39, 0.29) is 12.0 Å². The number of nitrogens with zero attached hydrogens (tertiary/aromatic N) is 2. The summed E-state index contributed by atoms with van der Waals surface area (Å²) in [5, 5.41) is 4.48. The van der Waals surface area contributed by atoms with E-state index in [4.69, 9.17) is 21.1 Å². The van der Waals surface area contributed by atoms with Gasteiger partial charge in [-0.25, -0.2) is 5.43 Å². The van der Waals surface area contributed by atoms with Crippen LogP contribution in [0.15, 0.2) is 41.5 Å². The number of hydrogen-bond donors (Lipinski definition) is 1. The van der Waals surface area contributed by atoms with Gasteiger partial charge in [0.05, 0.1) is 24.5 Å². The number of hydrazone groups is 1. The van der Waals surface area contributed by atoms with E-state index >= 15 is 0 Å². The number of carbonyl (C=O) groups is 1. The molecule has 0 radical (unpaired) electrons. The molecular weight excluding hydrogens is 402 g/mol. The molecule has 0 aliphatic carbocycles. The first-order chi connectivity index (χ1) is 14.5. The normalized spacial score (nSPS) is 14.7. The van der Waals surface area contributed by atoms with E-state index < -0.39 is 0 Å². The second kappa shape index (κ2) is 10.3. The lowest BCUT2D eigenvalue weighted by atomic mass is 10.2. The second-order valence-corrected chi connectivity index (χ2v) is 7.72. The summed E-state index contributed by atoms with van der Waals surface area (Å²) in [5.74, 6) is 0.759. The minimum Gasteiger partial charge on any atom is -0.493 e. The van der Waals surface area contributed by atoms with Crippen molar-refractivity contribution < 1.29 is 14.3 Å². The van der Waals surface area contributed by atoms with Gasteiger partial charge in [0.1, 0.15) is 0 Å². The number of rotatable bonds is 8. The maximum absolute atomic E-state index is 12.4. The zero-order valence-electron chi connectivity index (χ0n) is 17.7. The summed E-state index contributed by atoms with van der Waals surface area (Å²) in [7, 11) is 1.56. The Balaban J connectivity index is 1.64. The molecule has 1 atom stereocenters. The maximum Gasteiger partial charge on any atom is 0.271 e. The smallest absolute Gasteiger partial charge is 0.271 e. The van der Waals surface area contributed by atoms with Crippen LogP contribution < -0.4 is 19.8 Å². The van der Waals surface area contributed by atoms with Crippen LogP contribution in [0.25, 0.3) is 0 Å². The van der Waals surface area contributed by atoms with Gasteiger partial charge < -0.3 is 14.4 Å². The molecule has 6 nitrogen and oxygen atoms in total. The number of amides is 1. The molecule has 1 fully saturated rings. The predicted molar refractivity (Wildman–Crippen MR) is 121 cm³/mol. The van der Waals surface area contributed by atoms with Crippen LogP contribution in [0.3, 0.4) is 0 Å². The number of nitrogens with one attached hydrogen (secondary N) is 1. The van der Waals surface area contributed by atoms with Gasteiger partial charge in [0.15, 0.2) is 11.5 Å². The number of carbonyl (C=O) groups excluding carboxylic acids is 1. The Hall–Kier alpha value is -2.73. The van der Waals surface area contributed by atoms with Gasteiger partial charge in [-0.3, -0.25) is 4.79 Å². The van der Waals surface area contributed by atoms with E-state index in [1.807, 2.05) is 38.1 Å². The monoisotopic (exact) mass is 429 g/mol. The SMILES string of the molecule is CC[C@@H](C)Oc1c(Cl)cc(/C=N\NC(=O)c2ccc(N3CCCC3)cc2)cc1OC. The van der Waals surface area contributed by atoms with Gasteiger partial charge >= 0.3 is 0 Å².